The Morgan fingerprint density at radius 2 is 1.97 bits per heavy atom. The van der Waals surface area contributed by atoms with E-state index >= 15 is 0 Å². The first kappa shape index (κ1) is 26.7. The van der Waals surface area contributed by atoms with Crippen LogP contribution < -0.4 is 0 Å². The number of hydrogen-bond acceptors (Lipinski definition) is 3. The summed E-state index contributed by atoms with van der Waals surface area (Å²) in [5, 5.41) is 10.3. The van der Waals surface area contributed by atoms with Crippen LogP contribution in [0.5, 0.6) is 0 Å². The number of fused-ring (bicyclic) bond motifs is 5. The summed E-state index contributed by atoms with van der Waals surface area (Å²) in [7, 11) is 1.81. The van der Waals surface area contributed by atoms with Gasteiger partial charge in [0.15, 0.2) is 0 Å². The molecule has 1 heterocycles. The van der Waals surface area contributed by atoms with Crippen molar-refractivity contribution in [3.05, 3.63) is 11.6 Å². The summed E-state index contributed by atoms with van der Waals surface area (Å²) in [5.74, 6) is 4.15. The van der Waals surface area contributed by atoms with Gasteiger partial charge in [0.05, 0.1) is 11.7 Å². The van der Waals surface area contributed by atoms with Crippen molar-refractivity contribution in [3.63, 3.8) is 0 Å². The van der Waals surface area contributed by atoms with Gasteiger partial charge in [-0.05, 0) is 117 Å². The number of aliphatic hydroxyl groups excluding tert-OH is 1. The van der Waals surface area contributed by atoms with Crippen molar-refractivity contribution in [1.29, 1.82) is 0 Å². The van der Waals surface area contributed by atoms with Gasteiger partial charge in [0, 0.05) is 26.6 Å². The van der Waals surface area contributed by atoms with Gasteiger partial charge in [-0.15, -0.1) is 0 Å². The van der Waals surface area contributed by atoms with E-state index in [-0.39, 0.29) is 11.7 Å². The Bertz CT molecular complexity index is 848. The van der Waals surface area contributed by atoms with Crippen molar-refractivity contribution < 1.29 is 14.6 Å². The summed E-state index contributed by atoms with van der Waals surface area (Å²) in [4.78, 5) is 15.3. The number of carbonyl (C=O) groups excluding carboxylic acids is 1. The highest BCUT2D eigenvalue weighted by molar-refractivity contribution is 5.76. The third-order valence-corrected chi connectivity index (χ3v) is 12.6. The Morgan fingerprint density at radius 3 is 2.72 bits per heavy atom. The van der Waals surface area contributed by atoms with Gasteiger partial charge < -0.3 is 14.7 Å². The van der Waals surface area contributed by atoms with Crippen LogP contribution in [0.2, 0.25) is 0 Å². The number of ether oxygens (including phenoxy) is 1. The molecule has 1 N–H and O–H groups in total. The highest BCUT2D eigenvalue weighted by Crippen LogP contribution is 2.67. The molecule has 1 saturated heterocycles. The van der Waals surface area contributed by atoms with E-state index in [1.54, 1.807) is 5.57 Å². The third-order valence-electron chi connectivity index (χ3n) is 12.6. The van der Waals surface area contributed by atoms with Crippen LogP contribution in [-0.4, -0.2) is 47.8 Å². The maximum absolute atomic E-state index is 13.2. The van der Waals surface area contributed by atoms with Crippen LogP contribution in [0, 0.1) is 40.4 Å². The van der Waals surface area contributed by atoms with Crippen molar-refractivity contribution in [2.45, 2.75) is 123 Å². The van der Waals surface area contributed by atoms with Crippen molar-refractivity contribution >= 4 is 5.91 Å². The molecule has 0 spiro atoms. The molecular weight excluding hydrogens is 446 g/mol. The molecule has 4 aliphatic carbocycles. The minimum Gasteiger partial charge on any atom is -0.393 e. The maximum Gasteiger partial charge on any atom is 0.222 e. The van der Waals surface area contributed by atoms with Crippen molar-refractivity contribution in [3.8, 4) is 0 Å². The first-order valence-corrected chi connectivity index (χ1v) is 15.4. The summed E-state index contributed by atoms with van der Waals surface area (Å²) in [6.45, 7) is 11.5. The third kappa shape index (κ3) is 4.40. The lowest BCUT2D eigenvalue weighted by molar-refractivity contribution is -0.141. The lowest BCUT2D eigenvalue weighted by Crippen LogP contribution is -2.51. The number of hydrogen-bond donors (Lipinski definition) is 1. The van der Waals surface area contributed by atoms with E-state index in [4.69, 9.17) is 4.74 Å². The predicted molar refractivity (Wildman–Crippen MR) is 145 cm³/mol. The largest absolute Gasteiger partial charge is 0.393 e. The van der Waals surface area contributed by atoms with Gasteiger partial charge in [-0.3, -0.25) is 4.79 Å². The molecule has 0 bridgehead atoms. The smallest absolute Gasteiger partial charge is 0.222 e. The molecule has 0 aromatic carbocycles. The molecular formula is C32H53NO3. The predicted octanol–water partition coefficient (Wildman–Crippen LogP) is 6.76. The maximum atomic E-state index is 13.2. The number of piperidine rings is 1. The number of carbonyl (C=O) groups is 1. The van der Waals surface area contributed by atoms with Crippen LogP contribution >= 0.6 is 0 Å². The minimum atomic E-state index is -0.133. The summed E-state index contributed by atoms with van der Waals surface area (Å²) < 4.78 is 5.87. The lowest BCUT2D eigenvalue weighted by Gasteiger charge is -2.58. The molecule has 4 heteroatoms. The number of nitrogens with zero attached hydrogens (tertiary/aromatic N) is 1. The molecule has 9 atom stereocenters. The molecule has 1 amide bonds. The van der Waals surface area contributed by atoms with Crippen molar-refractivity contribution in [2.75, 3.05) is 20.2 Å². The van der Waals surface area contributed by atoms with Crippen molar-refractivity contribution in [2.24, 2.45) is 40.4 Å². The van der Waals surface area contributed by atoms with Gasteiger partial charge in [0.1, 0.15) is 0 Å². The Balaban J connectivity index is 1.22. The standard InChI is InChI=1S/C32H53NO3/c1-6-32(36-5)16-7-19-33(21-32)29(35)13-8-22(2)26-11-12-27-25-10-9-23-20-24(34)14-17-30(23,3)28(25)15-18-31(26,27)4/h9,22,24-28,34H,6-8,10-21H2,1-5H3/t22?,24-,25-,26+,27-,28-,30-,31+,32+/m0/s1. The normalized spacial score (nSPS) is 45.3. The Kier molecular flexibility index (Phi) is 7.44. The van der Waals surface area contributed by atoms with E-state index < -0.39 is 0 Å². The Labute approximate surface area is 220 Å². The molecule has 36 heavy (non-hydrogen) atoms. The molecule has 0 aromatic rings. The number of likely N-dealkylation sites (tertiary alicyclic amines) is 1. The fraction of sp³-hybridized carbons (Fsp3) is 0.906. The zero-order chi connectivity index (χ0) is 25.7. The molecule has 5 aliphatic rings. The van der Waals surface area contributed by atoms with E-state index in [9.17, 15) is 9.90 Å². The van der Waals surface area contributed by atoms with Crippen LogP contribution in [-0.2, 0) is 9.53 Å². The van der Waals surface area contributed by atoms with E-state index in [1.165, 1.54) is 38.5 Å². The second-order valence-electron chi connectivity index (χ2n) is 14.1. The summed E-state index contributed by atoms with van der Waals surface area (Å²) in [6, 6.07) is 0. The molecule has 0 aromatic heterocycles. The molecule has 4 fully saturated rings. The highest BCUT2D eigenvalue weighted by Gasteiger charge is 2.59. The van der Waals surface area contributed by atoms with Gasteiger partial charge >= 0.3 is 0 Å². The number of amides is 1. The topological polar surface area (TPSA) is 49.8 Å². The monoisotopic (exact) mass is 499 g/mol. The molecule has 5 rings (SSSR count). The van der Waals surface area contributed by atoms with Crippen molar-refractivity contribution in [1.82, 2.24) is 4.90 Å². The highest BCUT2D eigenvalue weighted by atomic mass is 16.5. The summed E-state index contributed by atoms with van der Waals surface area (Å²) in [6.07, 6.45) is 17.0. The first-order valence-electron chi connectivity index (χ1n) is 15.4. The summed E-state index contributed by atoms with van der Waals surface area (Å²) >= 11 is 0. The van der Waals surface area contributed by atoms with Gasteiger partial charge in [-0.2, -0.15) is 0 Å². The van der Waals surface area contributed by atoms with Gasteiger partial charge in [-0.1, -0.05) is 39.3 Å². The van der Waals surface area contributed by atoms with E-state index in [2.05, 4.69) is 38.7 Å². The van der Waals surface area contributed by atoms with E-state index in [1.807, 2.05) is 7.11 Å². The second-order valence-corrected chi connectivity index (χ2v) is 14.1. The zero-order valence-corrected chi connectivity index (χ0v) is 23.9. The minimum absolute atomic E-state index is 0.119. The SMILES string of the molecule is CC[C@@]1(OC)CCCN(C(=O)CCC(C)[C@H]2CC[C@H]3[C@@H]4CC=C5C[C@@H](O)CC[C@]5(C)[C@H]4CC[C@]23C)C1. The van der Waals surface area contributed by atoms with Crippen LogP contribution in [0.3, 0.4) is 0 Å². The quantitative estimate of drug-likeness (QED) is 0.411. The number of allylic oxidation sites excluding steroid dienone is 1. The molecule has 204 valence electrons. The Morgan fingerprint density at radius 1 is 1.17 bits per heavy atom. The van der Waals surface area contributed by atoms with Gasteiger partial charge in [0.2, 0.25) is 5.91 Å². The molecule has 3 saturated carbocycles. The fourth-order valence-corrected chi connectivity index (χ4v) is 10.2. The van der Waals surface area contributed by atoms with Crippen LogP contribution in [0.4, 0.5) is 0 Å². The average Bonchev–Trinajstić information content (AvgIpc) is 3.24. The molecule has 0 radical (unpaired) electrons. The van der Waals surface area contributed by atoms with E-state index in [0.29, 0.717) is 29.1 Å². The van der Waals surface area contributed by atoms with Gasteiger partial charge in [-0.25, -0.2) is 0 Å². The molecule has 4 nitrogen and oxygen atoms in total. The second kappa shape index (κ2) is 10.0. The number of methoxy groups -OCH3 is 1. The fourth-order valence-electron chi connectivity index (χ4n) is 10.2. The average molecular weight is 500 g/mol. The van der Waals surface area contributed by atoms with Crippen LogP contribution in [0.1, 0.15) is 111 Å². The van der Waals surface area contributed by atoms with E-state index in [0.717, 1.165) is 75.3 Å². The lowest BCUT2D eigenvalue weighted by atomic mass is 9.47. The molecule has 1 unspecified atom stereocenters. The summed E-state index contributed by atoms with van der Waals surface area (Å²) in [5.41, 5.74) is 2.19. The van der Waals surface area contributed by atoms with Gasteiger partial charge in [0.25, 0.3) is 0 Å². The Hall–Kier alpha value is -0.870. The van der Waals surface area contributed by atoms with Crippen LogP contribution in [0.25, 0.3) is 0 Å². The molecule has 1 aliphatic heterocycles. The van der Waals surface area contributed by atoms with Crippen LogP contribution in [0.15, 0.2) is 11.6 Å². The number of rotatable bonds is 6. The number of aliphatic hydroxyl groups is 1. The first-order chi connectivity index (χ1) is 17.2. The zero-order valence-electron chi connectivity index (χ0n) is 23.9.